The molecule has 0 saturated carbocycles. The van der Waals surface area contributed by atoms with Crippen molar-refractivity contribution >= 4 is 50.8 Å². The fourth-order valence-electron chi connectivity index (χ4n) is 3.20. The molecule has 138 valence electrons. The SMILES string of the molecule is CN(C(=O)CSc1nc2ccccc2s1)C1CCN(c2ccccc2)C1=O. The van der Waals surface area contributed by atoms with E-state index < -0.39 is 6.04 Å². The third kappa shape index (κ3) is 3.70. The molecule has 1 aliphatic rings. The Morgan fingerprint density at radius 3 is 2.74 bits per heavy atom. The first-order chi connectivity index (χ1) is 13.1. The number of amides is 2. The number of carbonyl (C=O) groups excluding carboxylic acids is 2. The Morgan fingerprint density at radius 1 is 1.22 bits per heavy atom. The molecule has 5 nitrogen and oxygen atoms in total. The summed E-state index contributed by atoms with van der Waals surface area (Å²) in [5, 5.41) is 0. The summed E-state index contributed by atoms with van der Waals surface area (Å²) in [6, 6.07) is 17.1. The number of thioether (sulfide) groups is 1. The van der Waals surface area contributed by atoms with E-state index in [0.29, 0.717) is 13.0 Å². The monoisotopic (exact) mass is 397 g/mol. The normalized spacial score (nSPS) is 16.9. The molecule has 1 aromatic heterocycles. The van der Waals surface area contributed by atoms with E-state index in [1.165, 1.54) is 11.8 Å². The molecule has 1 fully saturated rings. The van der Waals surface area contributed by atoms with E-state index in [9.17, 15) is 9.59 Å². The minimum atomic E-state index is -0.395. The van der Waals surface area contributed by atoms with Crippen molar-refractivity contribution in [2.45, 2.75) is 16.8 Å². The van der Waals surface area contributed by atoms with Crippen molar-refractivity contribution in [1.29, 1.82) is 0 Å². The van der Waals surface area contributed by atoms with Gasteiger partial charge in [-0.05, 0) is 30.7 Å². The van der Waals surface area contributed by atoms with Crippen molar-refractivity contribution in [1.82, 2.24) is 9.88 Å². The number of fused-ring (bicyclic) bond motifs is 1. The van der Waals surface area contributed by atoms with Crippen LogP contribution in [0.25, 0.3) is 10.2 Å². The number of hydrogen-bond donors (Lipinski definition) is 0. The van der Waals surface area contributed by atoms with Crippen LogP contribution in [-0.2, 0) is 9.59 Å². The number of thiazole rings is 1. The van der Waals surface area contributed by atoms with Gasteiger partial charge in [-0.1, -0.05) is 42.1 Å². The molecule has 0 aliphatic carbocycles. The van der Waals surface area contributed by atoms with Crippen molar-refractivity contribution in [3.8, 4) is 0 Å². The highest BCUT2D eigenvalue weighted by molar-refractivity contribution is 8.01. The van der Waals surface area contributed by atoms with Gasteiger partial charge in [-0.3, -0.25) is 9.59 Å². The molecule has 0 radical (unpaired) electrons. The molecule has 2 heterocycles. The lowest BCUT2D eigenvalue weighted by Crippen LogP contribution is -2.43. The van der Waals surface area contributed by atoms with Crippen molar-refractivity contribution in [2.75, 3.05) is 24.2 Å². The average Bonchev–Trinajstić information content (AvgIpc) is 3.29. The lowest BCUT2D eigenvalue weighted by Gasteiger charge is -2.23. The third-order valence-corrected chi connectivity index (χ3v) is 6.86. The number of benzene rings is 2. The van der Waals surface area contributed by atoms with Gasteiger partial charge in [-0.2, -0.15) is 0 Å². The second kappa shape index (κ2) is 7.70. The van der Waals surface area contributed by atoms with E-state index in [0.717, 1.165) is 20.2 Å². The molecule has 4 rings (SSSR count). The summed E-state index contributed by atoms with van der Waals surface area (Å²) in [6.45, 7) is 0.635. The molecular formula is C20H19N3O2S2. The molecule has 1 aliphatic heterocycles. The van der Waals surface area contributed by atoms with Crippen LogP contribution in [0.3, 0.4) is 0 Å². The second-order valence-electron chi connectivity index (χ2n) is 6.37. The number of carbonyl (C=O) groups is 2. The van der Waals surface area contributed by atoms with Gasteiger partial charge in [0, 0.05) is 19.3 Å². The predicted octanol–water partition coefficient (Wildman–Crippen LogP) is 3.65. The number of rotatable bonds is 5. The average molecular weight is 398 g/mol. The summed E-state index contributed by atoms with van der Waals surface area (Å²) >= 11 is 3.02. The quantitative estimate of drug-likeness (QED) is 0.617. The summed E-state index contributed by atoms with van der Waals surface area (Å²) in [6.07, 6.45) is 0.655. The summed E-state index contributed by atoms with van der Waals surface area (Å²) < 4.78 is 1.99. The van der Waals surface area contributed by atoms with Gasteiger partial charge in [0.05, 0.1) is 16.0 Å². The molecule has 2 aromatic carbocycles. The number of hydrogen-bond acceptors (Lipinski definition) is 5. The zero-order chi connectivity index (χ0) is 18.8. The number of anilines is 1. The second-order valence-corrected chi connectivity index (χ2v) is 8.62. The maximum absolute atomic E-state index is 12.8. The Kier molecular flexibility index (Phi) is 5.13. The van der Waals surface area contributed by atoms with Crippen LogP contribution in [0.5, 0.6) is 0 Å². The van der Waals surface area contributed by atoms with Crippen LogP contribution in [0.15, 0.2) is 58.9 Å². The number of para-hydroxylation sites is 2. The van der Waals surface area contributed by atoms with Gasteiger partial charge in [-0.25, -0.2) is 4.98 Å². The molecule has 27 heavy (non-hydrogen) atoms. The van der Waals surface area contributed by atoms with Gasteiger partial charge in [-0.15, -0.1) is 11.3 Å². The Bertz CT molecular complexity index is 941. The zero-order valence-electron chi connectivity index (χ0n) is 14.9. The summed E-state index contributed by atoms with van der Waals surface area (Å²) in [5.41, 5.74) is 1.84. The Balaban J connectivity index is 1.38. The van der Waals surface area contributed by atoms with Gasteiger partial charge in [0.15, 0.2) is 4.34 Å². The fourth-order valence-corrected chi connectivity index (χ4v) is 5.19. The fraction of sp³-hybridized carbons (Fsp3) is 0.250. The van der Waals surface area contributed by atoms with Crippen LogP contribution < -0.4 is 4.90 Å². The smallest absolute Gasteiger partial charge is 0.249 e. The predicted molar refractivity (Wildman–Crippen MR) is 110 cm³/mol. The van der Waals surface area contributed by atoms with E-state index in [-0.39, 0.29) is 17.6 Å². The minimum absolute atomic E-state index is 0.0120. The van der Waals surface area contributed by atoms with Gasteiger partial charge in [0.25, 0.3) is 0 Å². The molecule has 1 atom stereocenters. The lowest BCUT2D eigenvalue weighted by molar-refractivity contribution is -0.134. The number of nitrogens with zero attached hydrogens (tertiary/aromatic N) is 3. The number of likely N-dealkylation sites (N-methyl/N-ethyl adjacent to an activating group) is 1. The first-order valence-corrected chi connectivity index (χ1v) is 10.5. The third-order valence-electron chi connectivity index (χ3n) is 4.70. The van der Waals surface area contributed by atoms with Crippen molar-refractivity contribution in [2.24, 2.45) is 0 Å². The molecule has 0 N–H and O–H groups in total. The molecule has 1 saturated heterocycles. The van der Waals surface area contributed by atoms with E-state index in [2.05, 4.69) is 4.98 Å². The van der Waals surface area contributed by atoms with Crippen LogP contribution in [0.4, 0.5) is 5.69 Å². The zero-order valence-corrected chi connectivity index (χ0v) is 16.5. The van der Waals surface area contributed by atoms with Crippen molar-refractivity contribution in [3.05, 3.63) is 54.6 Å². The first-order valence-electron chi connectivity index (χ1n) is 8.74. The maximum Gasteiger partial charge on any atom is 0.249 e. The molecule has 3 aromatic rings. The molecule has 7 heteroatoms. The Hall–Kier alpha value is -2.38. The maximum atomic E-state index is 12.8. The molecule has 1 unspecified atom stereocenters. The van der Waals surface area contributed by atoms with Crippen LogP contribution in [0.2, 0.25) is 0 Å². The van der Waals surface area contributed by atoms with E-state index >= 15 is 0 Å². The Morgan fingerprint density at radius 2 is 1.96 bits per heavy atom. The van der Waals surface area contributed by atoms with Gasteiger partial charge >= 0.3 is 0 Å². The van der Waals surface area contributed by atoms with Crippen LogP contribution in [-0.4, -0.2) is 47.1 Å². The van der Waals surface area contributed by atoms with Crippen molar-refractivity contribution < 1.29 is 9.59 Å². The van der Waals surface area contributed by atoms with Gasteiger partial charge < -0.3 is 9.80 Å². The highest BCUT2D eigenvalue weighted by Gasteiger charge is 2.37. The molecular weight excluding hydrogens is 378 g/mol. The molecule has 0 spiro atoms. The first kappa shape index (κ1) is 18.0. The highest BCUT2D eigenvalue weighted by atomic mass is 32.2. The number of aromatic nitrogens is 1. The standard InChI is InChI=1S/C20H19N3O2S2/c1-22(16-11-12-23(19(16)25)14-7-3-2-4-8-14)18(24)13-26-20-21-15-9-5-6-10-17(15)27-20/h2-10,16H,11-13H2,1H3. The molecule has 2 amide bonds. The van der Waals surface area contributed by atoms with Crippen LogP contribution >= 0.6 is 23.1 Å². The summed E-state index contributed by atoms with van der Waals surface area (Å²) in [7, 11) is 1.72. The topological polar surface area (TPSA) is 53.5 Å². The van der Waals surface area contributed by atoms with Crippen LogP contribution in [0.1, 0.15) is 6.42 Å². The minimum Gasteiger partial charge on any atom is -0.333 e. The van der Waals surface area contributed by atoms with Crippen LogP contribution in [0, 0.1) is 0 Å². The van der Waals surface area contributed by atoms with Gasteiger partial charge in [0.1, 0.15) is 6.04 Å². The molecule has 0 bridgehead atoms. The van der Waals surface area contributed by atoms with Gasteiger partial charge in [0.2, 0.25) is 11.8 Å². The van der Waals surface area contributed by atoms with E-state index in [4.69, 9.17) is 0 Å². The van der Waals surface area contributed by atoms with E-state index in [1.807, 2.05) is 54.6 Å². The highest BCUT2D eigenvalue weighted by Crippen LogP contribution is 2.30. The van der Waals surface area contributed by atoms with Crippen molar-refractivity contribution in [3.63, 3.8) is 0 Å². The Labute approximate surface area is 166 Å². The lowest BCUT2D eigenvalue weighted by atomic mass is 10.2. The summed E-state index contributed by atoms with van der Waals surface area (Å²) in [4.78, 5) is 33.3. The largest absolute Gasteiger partial charge is 0.333 e. The van der Waals surface area contributed by atoms with E-state index in [1.54, 1.807) is 28.2 Å². The summed E-state index contributed by atoms with van der Waals surface area (Å²) in [5.74, 6) is 0.223.